The third kappa shape index (κ3) is 4.24. The summed E-state index contributed by atoms with van der Waals surface area (Å²) in [4.78, 5) is 23.1. The van der Waals surface area contributed by atoms with Crippen molar-refractivity contribution in [1.29, 1.82) is 0 Å². The topological polar surface area (TPSA) is 71.3 Å². The second-order valence-electron chi connectivity index (χ2n) is 4.04. The third-order valence-corrected chi connectivity index (χ3v) is 2.81. The lowest BCUT2D eigenvalue weighted by atomic mass is 10.0. The van der Waals surface area contributed by atoms with Gasteiger partial charge in [-0.1, -0.05) is 13.8 Å². The molecule has 0 bridgehead atoms. The lowest BCUT2D eigenvalue weighted by Crippen LogP contribution is -2.37. The Morgan fingerprint density at radius 3 is 2.44 bits per heavy atom. The molecule has 0 aliphatic carbocycles. The molecule has 0 aromatic carbocycles. The molecule has 0 fully saturated rings. The first-order valence-electron chi connectivity index (χ1n) is 6.28. The average molecular weight is 252 g/mol. The lowest BCUT2D eigenvalue weighted by molar-refractivity contribution is -0.125. The zero-order valence-corrected chi connectivity index (χ0v) is 10.9. The summed E-state index contributed by atoms with van der Waals surface area (Å²) in [5, 5.41) is 5.47. The summed E-state index contributed by atoms with van der Waals surface area (Å²) in [7, 11) is 0. The molecule has 1 aromatic rings. The Hall–Kier alpha value is -1.78. The van der Waals surface area contributed by atoms with Crippen LogP contribution < -0.4 is 10.6 Å². The van der Waals surface area contributed by atoms with Gasteiger partial charge in [0.15, 0.2) is 5.76 Å². The average Bonchev–Trinajstić information content (AvgIpc) is 2.89. The summed E-state index contributed by atoms with van der Waals surface area (Å²) < 4.78 is 4.95. The van der Waals surface area contributed by atoms with E-state index in [4.69, 9.17) is 4.42 Å². The van der Waals surface area contributed by atoms with Gasteiger partial charge in [0.25, 0.3) is 5.91 Å². The molecule has 18 heavy (non-hydrogen) atoms. The molecule has 0 aliphatic heterocycles. The first-order chi connectivity index (χ1) is 8.69. The van der Waals surface area contributed by atoms with Crippen molar-refractivity contribution in [1.82, 2.24) is 10.6 Å². The van der Waals surface area contributed by atoms with Crippen LogP contribution in [0.15, 0.2) is 22.8 Å². The number of nitrogens with one attached hydrogen (secondary N) is 2. The van der Waals surface area contributed by atoms with Gasteiger partial charge in [-0.2, -0.15) is 0 Å². The van der Waals surface area contributed by atoms with Gasteiger partial charge in [0.1, 0.15) is 0 Å². The van der Waals surface area contributed by atoms with Crippen LogP contribution >= 0.6 is 0 Å². The van der Waals surface area contributed by atoms with Gasteiger partial charge in [0, 0.05) is 19.0 Å². The van der Waals surface area contributed by atoms with Crippen LogP contribution in [0.1, 0.15) is 37.2 Å². The summed E-state index contributed by atoms with van der Waals surface area (Å²) >= 11 is 0. The van der Waals surface area contributed by atoms with Crippen molar-refractivity contribution >= 4 is 11.8 Å². The number of hydrogen-bond donors (Lipinski definition) is 2. The summed E-state index contributed by atoms with van der Waals surface area (Å²) in [6.07, 6.45) is 3.12. The SMILES string of the molecule is CCC(CC)C(=O)NCCNC(=O)c1ccco1. The van der Waals surface area contributed by atoms with Gasteiger partial charge in [-0.15, -0.1) is 0 Å². The van der Waals surface area contributed by atoms with E-state index in [1.54, 1.807) is 12.1 Å². The Morgan fingerprint density at radius 2 is 1.89 bits per heavy atom. The maximum atomic E-state index is 11.6. The second kappa shape index (κ2) is 7.53. The minimum Gasteiger partial charge on any atom is -0.459 e. The minimum atomic E-state index is -0.267. The van der Waals surface area contributed by atoms with E-state index in [2.05, 4.69) is 10.6 Å². The van der Waals surface area contributed by atoms with Gasteiger partial charge in [-0.25, -0.2) is 0 Å². The van der Waals surface area contributed by atoms with Gasteiger partial charge in [-0.05, 0) is 25.0 Å². The smallest absolute Gasteiger partial charge is 0.287 e. The lowest BCUT2D eigenvalue weighted by Gasteiger charge is -2.12. The fourth-order valence-electron chi connectivity index (χ4n) is 1.66. The highest BCUT2D eigenvalue weighted by molar-refractivity contribution is 5.91. The van der Waals surface area contributed by atoms with Crippen LogP contribution in [0.5, 0.6) is 0 Å². The summed E-state index contributed by atoms with van der Waals surface area (Å²) in [6, 6.07) is 3.25. The molecule has 100 valence electrons. The normalized spacial score (nSPS) is 10.4. The van der Waals surface area contributed by atoms with Crippen molar-refractivity contribution in [3.8, 4) is 0 Å². The van der Waals surface area contributed by atoms with E-state index in [1.165, 1.54) is 6.26 Å². The molecule has 5 heteroatoms. The van der Waals surface area contributed by atoms with E-state index in [-0.39, 0.29) is 23.5 Å². The molecule has 0 radical (unpaired) electrons. The monoisotopic (exact) mass is 252 g/mol. The Labute approximate surface area is 107 Å². The number of rotatable bonds is 7. The van der Waals surface area contributed by atoms with Crippen LogP contribution in [0, 0.1) is 5.92 Å². The van der Waals surface area contributed by atoms with Crippen LogP contribution in [0.25, 0.3) is 0 Å². The van der Waals surface area contributed by atoms with Crippen LogP contribution in [-0.2, 0) is 4.79 Å². The fourth-order valence-corrected chi connectivity index (χ4v) is 1.66. The van der Waals surface area contributed by atoms with Crippen molar-refractivity contribution < 1.29 is 14.0 Å². The minimum absolute atomic E-state index is 0.0484. The number of carbonyl (C=O) groups excluding carboxylic acids is 2. The predicted molar refractivity (Wildman–Crippen MR) is 68.1 cm³/mol. The molecule has 1 heterocycles. The molecule has 2 amide bonds. The fraction of sp³-hybridized carbons (Fsp3) is 0.538. The van der Waals surface area contributed by atoms with E-state index in [0.717, 1.165) is 12.8 Å². The maximum Gasteiger partial charge on any atom is 0.287 e. The first-order valence-corrected chi connectivity index (χ1v) is 6.28. The zero-order valence-electron chi connectivity index (χ0n) is 10.9. The number of furan rings is 1. The van der Waals surface area contributed by atoms with Crippen LogP contribution in [-0.4, -0.2) is 24.9 Å². The van der Waals surface area contributed by atoms with Crippen molar-refractivity contribution in [2.24, 2.45) is 5.92 Å². The van der Waals surface area contributed by atoms with Crippen molar-refractivity contribution in [2.45, 2.75) is 26.7 Å². The molecule has 0 atom stereocenters. The quantitative estimate of drug-likeness (QED) is 0.723. The summed E-state index contributed by atoms with van der Waals surface area (Å²) in [5.74, 6) is 0.121. The number of amides is 2. The second-order valence-corrected chi connectivity index (χ2v) is 4.04. The van der Waals surface area contributed by atoms with E-state index < -0.39 is 0 Å². The predicted octanol–water partition coefficient (Wildman–Crippen LogP) is 1.56. The molecule has 0 saturated carbocycles. The standard InChI is InChI=1S/C13H20N2O3/c1-3-10(4-2)12(16)14-7-8-15-13(17)11-6-5-9-18-11/h5-6,9-10H,3-4,7-8H2,1-2H3,(H,14,16)(H,15,17). The van der Waals surface area contributed by atoms with E-state index in [1.807, 2.05) is 13.8 Å². The Morgan fingerprint density at radius 1 is 1.22 bits per heavy atom. The molecule has 0 unspecified atom stereocenters. The highest BCUT2D eigenvalue weighted by Gasteiger charge is 2.13. The number of carbonyl (C=O) groups is 2. The van der Waals surface area contributed by atoms with E-state index in [0.29, 0.717) is 13.1 Å². The van der Waals surface area contributed by atoms with E-state index >= 15 is 0 Å². The highest BCUT2D eigenvalue weighted by atomic mass is 16.3. The van der Waals surface area contributed by atoms with Gasteiger partial charge >= 0.3 is 0 Å². The molecule has 1 rings (SSSR count). The Kier molecular flexibility index (Phi) is 5.97. The summed E-state index contributed by atoms with van der Waals surface area (Å²) in [6.45, 7) is 4.81. The van der Waals surface area contributed by atoms with Crippen LogP contribution in [0.2, 0.25) is 0 Å². The van der Waals surface area contributed by atoms with Gasteiger partial charge in [-0.3, -0.25) is 9.59 Å². The van der Waals surface area contributed by atoms with Crippen LogP contribution in [0.4, 0.5) is 0 Å². The molecule has 0 aliphatic rings. The molecule has 5 nitrogen and oxygen atoms in total. The van der Waals surface area contributed by atoms with Crippen LogP contribution in [0.3, 0.4) is 0 Å². The summed E-state index contributed by atoms with van der Waals surface area (Å²) in [5.41, 5.74) is 0. The van der Waals surface area contributed by atoms with Gasteiger partial charge < -0.3 is 15.1 Å². The van der Waals surface area contributed by atoms with Crippen molar-refractivity contribution in [3.05, 3.63) is 24.2 Å². The molecule has 1 aromatic heterocycles. The molecule has 0 saturated heterocycles. The first kappa shape index (κ1) is 14.3. The zero-order chi connectivity index (χ0) is 13.4. The van der Waals surface area contributed by atoms with Gasteiger partial charge in [0.05, 0.1) is 6.26 Å². The van der Waals surface area contributed by atoms with Gasteiger partial charge in [0.2, 0.25) is 5.91 Å². The largest absolute Gasteiger partial charge is 0.459 e. The molecular formula is C13H20N2O3. The third-order valence-electron chi connectivity index (χ3n) is 2.81. The Balaban J connectivity index is 2.19. The highest BCUT2D eigenvalue weighted by Crippen LogP contribution is 2.06. The molecule has 2 N–H and O–H groups in total. The van der Waals surface area contributed by atoms with Crippen molar-refractivity contribution in [2.75, 3.05) is 13.1 Å². The van der Waals surface area contributed by atoms with E-state index in [9.17, 15) is 9.59 Å². The Bertz CT molecular complexity index is 370. The molecular weight excluding hydrogens is 232 g/mol. The van der Waals surface area contributed by atoms with Crippen molar-refractivity contribution in [3.63, 3.8) is 0 Å². The maximum absolute atomic E-state index is 11.6. The number of hydrogen-bond acceptors (Lipinski definition) is 3. The molecule has 0 spiro atoms.